The van der Waals surface area contributed by atoms with Crippen LogP contribution in [0.3, 0.4) is 0 Å². The third-order valence-corrected chi connectivity index (χ3v) is 4.24. The second-order valence-corrected chi connectivity index (χ2v) is 5.94. The highest BCUT2D eigenvalue weighted by Gasteiger charge is 2.16. The number of halogens is 3. The fraction of sp³-hybridized carbons (Fsp3) is 0.133. The molecule has 1 heterocycles. The van der Waals surface area contributed by atoms with E-state index in [1.165, 1.54) is 7.11 Å². The van der Waals surface area contributed by atoms with Gasteiger partial charge >= 0.3 is 0 Å². The largest absolute Gasteiger partial charge is 0.493 e. The van der Waals surface area contributed by atoms with E-state index in [0.717, 1.165) is 0 Å². The normalized spacial score (nSPS) is 10.7. The Balaban J connectivity index is 1.91. The Morgan fingerprint density at radius 3 is 2.46 bits per heavy atom. The Morgan fingerprint density at radius 1 is 1.08 bits per heavy atom. The van der Waals surface area contributed by atoms with Gasteiger partial charge in [0.1, 0.15) is 6.61 Å². The van der Waals surface area contributed by atoms with Crippen molar-refractivity contribution in [3.8, 4) is 22.9 Å². The van der Waals surface area contributed by atoms with Crippen molar-refractivity contribution < 1.29 is 9.47 Å². The lowest BCUT2D eigenvalue weighted by molar-refractivity contribution is 0.285. The number of aromatic nitrogens is 4. The van der Waals surface area contributed by atoms with Crippen LogP contribution in [0.4, 0.5) is 0 Å². The standard InChI is InChI=1S/C15H11Cl3N4O2/c1-23-13-6-8(15-19-21-22-20-15)5-12(18)14(13)24-7-9-10(16)3-2-4-11(9)17/h2-6H,7H2,1H3,(H,19,20,21,22). The van der Waals surface area contributed by atoms with Crippen molar-refractivity contribution >= 4 is 34.8 Å². The first-order valence-corrected chi connectivity index (χ1v) is 7.90. The van der Waals surface area contributed by atoms with Gasteiger partial charge in [-0.3, -0.25) is 0 Å². The molecule has 24 heavy (non-hydrogen) atoms. The number of benzene rings is 2. The van der Waals surface area contributed by atoms with Crippen LogP contribution >= 0.6 is 34.8 Å². The number of ether oxygens (including phenoxy) is 2. The number of H-pyrrole nitrogens is 1. The lowest BCUT2D eigenvalue weighted by Gasteiger charge is -2.14. The summed E-state index contributed by atoms with van der Waals surface area (Å²) in [5.74, 6) is 1.21. The number of nitrogens with zero attached hydrogens (tertiary/aromatic N) is 3. The molecule has 3 rings (SSSR count). The van der Waals surface area contributed by atoms with Gasteiger partial charge in [0.25, 0.3) is 0 Å². The molecule has 9 heteroatoms. The molecule has 0 aliphatic heterocycles. The second-order valence-electron chi connectivity index (χ2n) is 4.71. The molecule has 0 atom stereocenters. The summed E-state index contributed by atoms with van der Waals surface area (Å²) in [5, 5.41) is 15.1. The highest BCUT2D eigenvalue weighted by atomic mass is 35.5. The third kappa shape index (κ3) is 3.40. The highest BCUT2D eigenvalue weighted by Crippen LogP contribution is 2.39. The summed E-state index contributed by atoms with van der Waals surface area (Å²) in [6.07, 6.45) is 0. The first-order chi connectivity index (χ1) is 11.6. The molecule has 2 aromatic carbocycles. The molecule has 0 amide bonds. The number of hydrogen-bond donors (Lipinski definition) is 1. The van der Waals surface area contributed by atoms with Crippen LogP contribution in [0.25, 0.3) is 11.4 Å². The maximum atomic E-state index is 6.32. The van der Waals surface area contributed by atoms with E-state index in [9.17, 15) is 0 Å². The summed E-state index contributed by atoms with van der Waals surface area (Å²) >= 11 is 18.6. The van der Waals surface area contributed by atoms with Crippen molar-refractivity contribution in [2.75, 3.05) is 7.11 Å². The minimum atomic E-state index is 0.149. The zero-order valence-electron chi connectivity index (χ0n) is 12.4. The number of nitrogens with one attached hydrogen (secondary N) is 1. The number of tetrazole rings is 1. The van der Waals surface area contributed by atoms with Gasteiger partial charge in [0.15, 0.2) is 11.5 Å². The van der Waals surface area contributed by atoms with Gasteiger partial charge in [-0.15, -0.1) is 10.2 Å². The van der Waals surface area contributed by atoms with E-state index >= 15 is 0 Å². The van der Waals surface area contributed by atoms with Gasteiger partial charge in [-0.2, -0.15) is 5.21 Å². The lowest BCUT2D eigenvalue weighted by atomic mass is 10.2. The summed E-state index contributed by atoms with van der Waals surface area (Å²) in [6, 6.07) is 8.62. The molecule has 0 unspecified atom stereocenters. The Bertz CT molecular complexity index is 836. The Kier molecular flexibility index (Phi) is 5.08. The zero-order valence-corrected chi connectivity index (χ0v) is 14.7. The summed E-state index contributed by atoms with van der Waals surface area (Å²) in [6.45, 7) is 0.149. The lowest BCUT2D eigenvalue weighted by Crippen LogP contribution is -2.00. The molecule has 0 saturated heterocycles. The van der Waals surface area contributed by atoms with Crippen molar-refractivity contribution in [1.29, 1.82) is 0 Å². The molecule has 6 nitrogen and oxygen atoms in total. The molecule has 0 spiro atoms. The predicted octanol–water partition coefficient (Wildman–Crippen LogP) is 4.41. The average Bonchev–Trinajstić information content (AvgIpc) is 3.09. The number of hydrogen-bond acceptors (Lipinski definition) is 5. The molecule has 0 aliphatic carbocycles. The van der Waals surface area contributed by atoms with Crippen molar-refractivity contribution in [3.05, 3.63) is 51.0 Å². The maximum Gasteiger partial charge on any atom is 0.204 e. The van der Waals surface area contributed by atoms with Crippen molar-refractivity contribution in [3.63, 3.8) is 0 Å². The molecule has 124 valence electrons. The van der Waals surface area contributed by atoms with Crippen LogP contribution in [0.15, 0.2) is 30.3 Å². The average molecular weight is 386 g/mol. The van der Waals surface area contributed by atoms with E-state index in [2.05, 4.69) is 20.6 Å². The SMILES string of the molecule is COc1cc(-c2nn[nH]n2)cc(Cl)c1OCc1c(Cl)cccc1Cl. The molecule has 0 bridgehead atoms. The van der Waals surface area contributed by atoms with E-state index < -0.39 is 0 Å². The van der Waals surface area contributed by atoms with Crippen molar-refractivity contribution in [2.45, 2.75) is 6.61 Å². The first-order valence-electron chi connectivity index (χ1n) is 6.77. The van der Waals surface area contributed by atoms with Crippen molar-refractivity contribution in [1.82, 2.24) is 20.6 Å². The van der Waals surface area contributed by atoms with Gasteiger partial charge in [-0.05, 0) is 29.5 Å². The van der Waals surface area contributed by atoms with Crippen LogP contribution in [-0.4, -0.2) is 27.7 Å². The van der Waals surface area contributed by atoms with Gasteiger partial charge in [-0.25, -0.2) is 0 Å². The van der Waals surface area contributed by atoms with Gasteiger partial charge < -0.3 is 9.47 Å². The minimum absolute atomic E-state index is 0.149. The topological polar surface area (TPSA) is 72.9 Å². The quantitative estimate of drug-likeness (QED) is 0.704. The second kappa shape index (κ2) is 7.25. The first kappa shape index (κ1) is 16.8. The number of rotatable bonds is 5. The molecule has 1 aromatic heterocycles. The van der Waals surface area contributed by atoms with Gasteiger partial charge in [0.2, 0.25) is 5.82 Å². The zero-order chi connectivity index (χ0) is 17.1. The number of methoxy groups -OCH3 is 1. The Morgan fingerprint density at radius 2 is 1.83 bits per heavy atom. The molecular weight excluding hydrogens is 375 g/mol. The van der Waals surface area contributed by atoms with Gasteiger partial charge in [-0.1, -0.05) is 40.9 Å². The Labute approximate surface area is 152 Å². The van der Waals surface area contributed by atoms with Crippen LogP contribution < -0.4 is 9.47 Å². The maximum absolute atomic E-state index is 6.32. The molecule has 0 radical (unpaired) electrons. The predicted molar refractivity (Wildman–Crippen MR) is 92.0 cm³/mol. The monoisotopic (exact) mass is 384 g/mol. The van der Waals surface area contributed by atoms with Gasteiger partial charge in [0, 0.05) is 21.2 Å². The molecule has 0 aliphatic rings. The van der Waals surface area contributed by atoms with E-state index in [1.54, 1.807) is 30.3 Å². The van der Waals surface area contributed by atoms with Gasteiger partial charge in [0.05, 0.1) is 12.1 Å². The van der Waals surface area contributed by atoms with Crippen LogP contribution in [0, 0.1) is 0 Å². The summed E-state index contributed by atoms with van der Waals surface area (Å²) in [7, 11) is 1.51. The highest BCUT2D eigenvalue weighted by molar-refractivity contribution is 6.36. The van der Waals surface area contributed by atoms with E-state index in [0.29, 0.717) is 43.5 Å². The molecular formula is C15H11Cl3N4O2. The number of aromatic amines is 1. The fourth-order valence-electron chi connectivity index (χ4n) is 2.09. The van der Waals surface area contributed by atoms with E-state index in [-0.39, 0.29) is 6.61 Å². The van der Waals surface area contributed by atoms with E-state index in [4.69, 9.17) is 44.3 Å². The van der Waals surface area contributed by atoms with Crippen LogP contribution in [0.5, 0.6) is 11.5 Å². The third-order valence-electron chi connectivity index (χ3n) is 3.26. The van der Waals surface area contributed by atoms with E-state index in [1.807, 2.05) is 0 Å². The minimum Gasteiger partial charge on any atom is -0.493 e. The van der Waals surface area contributed by atoms with Crippen molar-refractivity contribution in [2.24, 2.45) is 0 Å². The molecule has 0 saturated carbocycles. The summed E-state index contributed by atoms with van der Waals surface area (Å²) in [5.41, 5.74) is 1.31. The summed E-state index contributed by atoms with van der Waals surface area (Å²) < 4.78 is 11.1. The van der Waals surface area contributed by atoms with Crippen LogP contribution in [0.2, 0.25) is 15.1 Å². The summed E-state index contributed by atoms with van der Waals surface area (Å²) in [4.78, 5) is 0. The smallest absolute Gasteiger partial charge is 0.204 e. The fourth-order valence-corrected chi connectivity index (χ4v) is 2.86. The molecule has 0 fully saturated rings. The molecule has 3 aromatic rings. The van der Waals surface area contributed by atoms with Crippen LogP contribution in [0.1, 0.15) is 5.56 Å². The van der Waals surface area contributed by atoms with Crippen LogP contribution in [-0.2, 0) is 6.61 Å². The molecule has 1 N–H and O–H groups in total. The Hall–Kier alpha value is -2.02.